The molecule has 0 saturated heterocycles. The van der Waals surface area contributed by atoms with E-state index >= 15 is 0 Å². The minimum absolute atomic E-state index is 0.171. The van der Waals surface area contributed by atoms with Gasteiger partial charge in [0.25, 0.3) is 0 Å². The molecule has 130 valence electrons. The second kappa shape index (κ2) is 4.77. The smallest absolute Gasteiger partial charge is 0.0242 e. The summed E-state index contributed by atoms with van der Waals surface area (Å²) in [6.45, 7) is 5.08. The molecule has 0 aliphatic heterocycles. The monoisotopic (exact) mass is 315 g/mol. The minimum Gasteiger partial charge on any atom is -0.324 e. The molecule has 5 saturated carbocycles. The van der Waals surface area contributed by atoms with Gasteiger partial charge in [0.1, 0.15) is 0 Å². The summed E-state index contributed by atoms with van der Waals surface area (Å²) in [5.41, 5.74) is 8.86. The van der Waals surface area contributed by atoms with E-state index in [0.29, 0.717) is 5.41 Å². The lowest BCUT2D eigenvalue weighted by Gasteiger charge is -2.61. The number of nitrogens with two attached hydrogens (primary N) is 1. The van der Waals surface area contributed by atoms with Crippen LogP contribution in [-0.4, -0.2) is 5.54 Å². The van der Waals surface area contributed by atoms with E-state index < -0.39 is 0 Å². The Bertz CT molecular complexity index is 500. The van der Waals surface area contributed by atoms with Crippen molar-refractivity contribution in [2.75, 3.05) is 0 Å². The molecule has 1 nitrogen and oxygen atoms in total. The minimum atomic E-state index is 0.171. The Hall–Kier alpha value is -0.0400. The maximum atomic E-state index is 7.48. The molecule has 8 atom stereocenters. The molecule has 0 bridgehead atoms. The van der Waals surface area contributed by atoms with Gasteiger partial charge in [0.15, 0.2) is 0 Å². The third-order valence-corrected chi connectivity index (χ3v) is 10.3. The van der Waals surface area contributed by atoms with Gasteiger partial charge in [0.2, 0.25) is 0 Å². The largest absolute Gasteiger partial charge is 0.324 e. The Morgan fingerprint density at radius 1 is 0.870 bits per heavy atom. The fourth-order valence-corrected chi connectivity index (χ4v) is 9.06. The lowest BCUT2D eigenvalue weighted by molar-refractivity contribution is -0.0819. The summed E-state index contributed by atoms with van der Waals surface area (Å²) < 4.78 is 0. The Kier molecular flexibility index (Phi) is 3.16. The van der Waals surface area contributed by atoms with Crippen LogP contribution in [0.15, 0.2) is 0 Å². The van der Waals surface area contributed by atoms with Crippen molar-refractivity contribution in [1.82, 2.24) is 0 Å². The van der Waals surface area contributed by atoms with E-state index in [4.69, 9.17) is 5.73 Å². The van der Waals surface area contributed by atoms with Gasteiger partial charge in [-0.1, -0.05) is 33.1 Å². The number of hydrogen-bond acceptors (Lipinski definition) is 1. The van der Waals surface area contributed by atoms with Gasteiger partial charge in [0, 0.05) is 5.54 Å². The number of rotatable bonds is 1. The first-order chi connectivity index (χ1) is 11.1. The van der Waals surface area contributed by atoms with Crippen LogP contribution in [0, 0.1) is 40.4 Å². The molecular formula is C22H37N. The van der Waals surface area contributed by atoms with Gasteiger partial charge in [-0.15, -0.1) is 0 Å². The average molecular weight is 316 g/mol. The molecule has 2 N–H and O–H groups in total. The van der Waals surface area contributed by atoms with Crippen LogP contribution in [-0.2, 0) is 0 Å². The van der Waals surface area contributed by atoms with Gasteiger partial charge < -0.3 is 5.73 Å². The summed E-state index contributed by atoms with van der Waals surface area (Å²) in [6.07, 6.45) is 17.6. The first-order valence-electron chi connectivity index (χ1n) is 10.8. The van der Waals surface area contributed by atoms with Crippen molar-refractivity contribution >= 4 is 0 Å². The molecule has 2 unspecified atom stereocenters. The number of fused-ring (bicyclic) bond motifs is 4. The molecular weight excluding hydrogens is 278 g/mol. The highest BCUT2D eigenvalue weighted by molar-refractivity contribution is 5.23. The molecule has 0 aromatic rings. The van der Waals surface area contributed by atoms with Crippen LogP contribution in [0.5, 0.6) is 0 Å². The number of hydrogen-bond donors (Lipinski definition) is 1. The van der Waals surface area contributed by atoms with Crippen molar-refractivity contribution in [2.24, 2.45) is 46.2 Å². The first kappa shape index (κ1) is 15.2. The van der Waals surface area contributed by atoms with Crippen molar-refractivity contribution < 1.29 is 0 Å². The Morgan fingerprint density at radius 3 is 2.52 bits per heavy atom. The van der Waals surface area contributed by atoms with Gasteiger partial charge >= 0.3 is 0 Å². The second-order valence-corrected chi connectivity index (χ2v) is 10.4. The van der Waals surface area contributed by atoms with Crippen molar-refractivity contribution in [3.05, 3.63) is 0 Å². The van der Waals surface area contributed by atoms with E-state index in [2.05, 4.69) is 13.8 Å². The van der Waals surface area contributed by atoms with Gasteiger partial charge in [-0.25, -0.2) is 0 Å². The standard InChI is InChI=1S/C22H37N/c1-3-15-7-9-18-19-10-8-16-6-4-5-12-20(16,2)22(19,23)13-11-17-14-21(15,17)18/h15-19H,3-14,23H2,1-2H3/t15?,16?,17-,18-,19+,20+,21+,22-/m1/s1. The second-order valence-electron chi connectivity index (χ2n) is 10.4. The van der Waals surface area contributed by atoms with E-state index in [1.54, 1.807) is 6.42 Å². The van der Waals surface area contributed by atoms with Gasteiger partial charge in [0.05, 0.1) is 0 Å². The molecule has 5 rings (SSSR count). The third kappa shape index (κ3) is 1.69. The normalized spacial score (nSPS) is 60.9. The van der Waals surface area contributed by atoms with Crippen LogP contribution in [0.4, 0.5) is 0 Å². The molecule has 5 aliphatic rings. The highest BCUT2D eigenvalue weighted by Crippen LogP contribution is 2.77. The SMILES string of the molecule is CCC1CC[C@@H]2[C@@H]3CCC4CCCC[C@]4(C)[C@@]3(N)CC[C@@H]3C[C@]132. The lowest BCUT2D eigenvalue weighted by Crippen LogP contribution is -2.66. The molecule has 0 amide bonds. The zero-order valence-corrected chi connectivity index (χ0v) is 15.4. The summed E-state index contributed by atoms with van der Waals surface area (Å²) in [6, 6.07) is 0. The van der Waals surface area contributed by atoms with Crippen LogP contribution < -0.4 is 5.73 Å². The van der Waals surface area contributed by atoms with Crippen LogP contribution in [0.3, 0.4) is 0 Å². The first-order valence-corrected chi connectivity index (χ1v) is 10.8. The average Bonchev–Trinajstić information content (AvgIpc) is 3.17. The van der Waals surface area contributed by atoms with E-state index in [1.165, 1.54) is 70.6 Å². The van der Waals surface area contributed by atoms with Gasteiger partial charge in [-0.2, -0.15) is 0 Å². The molecule has 0 aromatic heterocycles. The molecule has 1 spiro atoms. The molecule has 1 heteroatoms. The van der Waals surface area contributed by atoms with E-state index in [0.717, 1.165) is 35.0 Å². The Balaban J connectivity index is 1.55. The van der Waals surface area contributed by atoms with Crippen molar-refractivity contribution in [3.8, 4) is 0 Å². The van der Waals surface area contributed by atoms with E-state index in [9.17, 15) is 0 Å². The fraction of sp³-hybridized carbons (Fsp3) is 1.00. The fourth-order valence-electron chi connectivity index (χ4n) is 9.06. The van der Waals surface area contributed by atoms with Gasteiger partial charge in [-0.3, -0.25) is 0 Å². The summed E-state index contributed by atoms with van der Waals surface area (Å²) >= 11 is 0. The molecule has 0 heterocycles. The highest BCUT2D eigenvalue weighted by Gasteiger charge is 2.71. The molecule has 23 heavy (non-hydrogen) atoms. The Morgan fingerprint density at radius 2 is 1.70 bits per heavy atom. The Labute approximate surface area is 143 Å². The van der Waals surface area contributed by atoms with E-state index in [1.807, 2.05) is 0 Å². The third-order valence-electron chi connectivity index (χ3n) is 10.3. The van der Waals surface area contributed by atoms with E-state index in [-0.39, 0.29) is 5.54 Å². The highest BCUT2D eigenvalue weighted by atomic mass is 14.9. The van der Waals surface area contributed by atoms with Crippen LogP contribution in [0.2, 0.25) is 0 Å². The molecule has 0 aromatic carbocycles. The van der Waals surface area contributed by atoms with Crippen molar-refractivity contribution in [1.29, 1.82) is 0 Å². The topological polar surface area (TPSA) is 26.0 Å². The van der Waals surface area contributed by atoms with Crippen molar-refractivity contribution in [3.63, 3.8) is 0 Å². The maximum absolute atomic E-state index is 7.48. The summed E-state index contributed by atoms with van der Waals surface area (Å²) in [5.74, 6) is 4.87. The predicted molar refractivity (Wildman–Crippen MR) is 96.0 cm³/mol. The van der Waals surface area contributed by atoms with Crippen LogP contribution in [0.25, 0.3) is 0 Å². The van der Waals surface area contributed by atoms with Crippen LogP contribution in [0.1, 0.15) is 90.9 Å². The maximum Gasteiger partial charge on any atom is 0.0242 e. The quantitative estimate of drug-likeness (QED) is 0.676. The van der Waals surface area contributed by atoms with Gasteiger partial charge in [-0.05, 0) is 98.2 Å². The predicted octanol–water partition coefficient (Wildman–Crippen LogP) is 5.53. The lowest BCUT2D eigenvalue weighted by atomic mass is 9.46. The van der Waals surface area contributed by atoms with Crippen LogP contribution >= 0.6 is 0 Å². The zero-order chi connectivity index (χ0) is 15.9. The molecule has 5 aliphatic carbocycles. The van der Waals surface area contributed by atoms with Crippen molar-refractivity contribution in [2.45, 2.75) is 96.4 Å². The molecule has 5 fully saturated rings. The molecule has 0 radical (unpaired) electrons. The summed E-state index contributed by atoms with van der Waals surface area (Å²) in [4.78, 5) is 0. The zero-order valence-electron chi connectivity index (χ0n) is 15.4. The summed E-state index contributed by atoms with van der Waals surface area (Å²) in [7, 11) is 0. The summed E-state index contributed by atoms with van der Waals surface area (Å²) in [5, 5.41) is 0.